The lowest BCUT2D eigenvalue weighted by Gasteiger charge is -2.15. The molecule has 0 aromatic carbocycles. The first-order valence-electron chi connectivity index (χ1n) is 11.0. The highest BCUT2D eigenvalue weighted by molar-refractivity contribution is 5.83. The van der Waals surface area contributed by atoms with Crippen molar-refractivity contribution >= 4 is 22.6 Å². The molecule has 1 aliphatic heterocycles. The van der Waals surface area contributed by atoms with Crippen LogP contribution in [0, 0.1) is 0 Å². The number of nitrogen functional groups attached to an aromatic ring is 1. The summed E-state index contributed by atoms with van der Waals surface area (Å²) in [4.78, 5) is 20.8. The lowest BCUT2D eigenvalue weighted by molar-refractivity contribution is -0.120. The largest absolute Gasteiger partial charge is 0.397 e. The van der Waals surface area contributed by atoms with Gasteiger partial charge in [-0.25, -0.2) is 9.97 Å². The Morgan fingerprint density at radius 2 is 1.97 bits per heavy atom. The summed E-state index contributed by atoms with van der Waals surface area (Å²) in [6.45, 7) is 2.22. The van der Waals surface area contributed by atoms with Gasteiger partial charge in [0.05, 0.1) is 24.2 Å². The highest BCUT2D eigenvalue weighted by Gasteiger charge is 2.35. The highest BCUT2D eigenvalue weighted by atomic mass is 16.5. The Labute approximate surface area is 172 Å². The van der Waals surface area contributed by atoms with E-state index in [1.807, 2.05) is 4.57 Å². The average molecular weight is 403 g/mol. The van der Waals surface area contributed by atoms with Gasteiger partial charge in [-0.05, 0) is 18.9 Å². The number of nitrogens with two attached hydrogens (primary N) is 1. The third-order valence-electron chi connectivity index (χ3n) is 5.77. The fraction of sp³-hybridized carbons (Fsp3) is 0.682. The second kappa shape index (κ2) is 10.7. The Bertz CT molecular complexity index is 791. The summed E-state index contributed by atoms with van der Waals surface area (Å²) in [7, 11) is 0. The van der Waals surface area contributed by atoms with Gasteiger partial charge in [0.15, 0.2) is 5.65 Å². The molecule has 29 heavy (non-hydrogen) atoms. The van der Waals surface area contributed by atoms with Crippen LogP contribution in [0.2, 0.25) is 0 Å². The number of imidazole rings is 1. The number of rotatable bonds is 12. The molecular weight excluding hydrogens is 368 g/mol. The summed E-state index contributed by atoms with van der Waals surface area (Å²) in [5, 5.41) is 10.4. The van der Waals surface area contributed by atoms with Crippen molar-refractivity contribution in [2.24, 2.45) is 0 Å². The predicted octanol–water partition coefficient (Wildman–Crippen LogP) is 4.15. The van der Waals surface area contributed by atoms with Gasteiger partial charge in [-0.1, -0.05) is 45.4 Å². The molecule has 160 valence electrons. The molecule has 0 bridgehead atoms. The topological polar surface area (TPSA) is 103 Å². The number of ether oxygens (including phenoxy) is 1. The Kier molecular flexibility index (Phi) is 8.00. The van der Waals surface area contributed by atoms with Gasteiger partial charge in [0.2, 0.25) is 0 Å². The van der Waals surface area contributed by atoms with E-state index in [0.717, 1.165) is 12.8 Å². The molecule has 1 saturated heterocycles. The fourth-order valence-electron chi connectivity index (χ4n) is 4.02. The minimum atomic E-state index is -0.593. The van der Waals surface area contributed by atoms with Crippen molar-refractivity contribution < 1.29 is 14.6 Å². The number of ketones is 1. The van der Waals surface area contributed by atoms with Gasteiger partial charge in [0.1, 0.15) is 17.5 Å². The molecule has 0 aliphatic carbocycles. The van der Waals surface area contributed by atoms with E-state index in [4.69, 9.17) is 10.5 Å². The molecule has 1 unspecified atom stereocenters. The van der Waals surface area contributed by atoms with Crippen LogP contribution in [0.3, 0.4) is 0 Å². The molecule has 7 heteroatoms. The molecule has 1 aliphatic rings. The van der Waals surface area contributed by atoms with Gasteiger partial charge in [0, 0.05) is 25.5 Å². The number of pyridine rings is 1. The minimum Gasteiger partial charge on any atom is -0.397 e. The predicted molar refractivity (Wildman–Crippen MR) is 113 cm³/mol. The van der Waals surface area contributed by atoms with Crippen molar-refractivity contribution in [3.63, 3.8) is 0 Å². The summed E-state index contributed by atoms with van der Waals surface area (Å²) in [6.07, 6.45) is 12.6. The maximum atomic E-state index is 12.2. The number of aromatic nitrogens is 3. The lowest BCUT2D eigenvalue weighted by atomic mass is 10.0. The molecule has 3 N–H and O–H groups in total. The molecule has 3 heterocycles. The smallest absolute Gasteiger partial charge is 0.164 e. The van der Waals surface area contributed by atoms with E-state index in [1.54, 1.807) is 18.6 Å². The number of aliphatic hydroxyl groups excluding tert-OH is 1. The van der Waals surface area contributed by atoms with Crippen LogP contribution in [0.15, 0.2) is 18.6 Å². The van der Waals surface area contributed by atoms with Gasteiger partial charge < -0.3 is 15.6 Å². The van der Waals surface area contributed by atoms with Crippen LogP contribution in [0.25, 0.3) is 11.2 Å². The number of Topliss-reactive ketones (excluding diaryl/α,β-unsaturated/α-hetero) is 1. The number of unbranched alkanes of at least 4 members (excludes halogenated alkanes) is 6. The van der Waals surface area contributed by atoms with Gasteiger partial charge in [-0.15, -0.1) is 0 Å². The molecular formula is C22H34N4O3. The zero-order valence-electron chi connectivity index (χ0n) is 17.4. The number of carbonyl (C=O) groups excluding carboxylic acids is 1. The standard InChI is InChI=1S/C22H34N4O3/c1-2-3-4-5-6-7-8-9-16(27)10-11-19-18(28)14-20(29-19)26-15-25-21-17(23)12-13-24-22(21)26/h12-13,15,18-20,28H,2-11,14H2,1H3,(H2,23,24)/t18?,19-,20-/m1/s1. The molecule has 0 spiro atoms. The quantitative estimate of drug-likeness (QED) is 0.517. The first-order valence-corrected chi connectivity index (χ1v) is 11.0. The van der Waals surface area contributed by atoms with Crippen LogP contribution < -0.4 is 5.73 Å². The summed E-state index contributed by atoms with van der Waals surface area (Å²) in [6, 6.07) is 1.71. The molecule has 2 aromatic heterocycles. The number of fused-ring (bicyclic) bond motifs is 1. The number of hydrogen-bond acceptors (Lipinski definition) is 6. The molecule has 2 aromatic rings. The Morgan fingerprint density at radius 1 is 1.21 bits per heavy atom. The van der Waals surface area contributed by atoms with Gasteiger partial charge >= 0.3 is 0 Å². The highest BCUT2D eigenvalue weighted by Crippen LogP contribution is 2.33. The summed E-state index contributed by atoms with van der Waals surface area (Å²) in [5.41, 5.74) is 7.80. The van der Waals surface area contributed by atoms with Crippen molar-refractivity contribution in [3.8, 4) is 0 Å². The Morgan fingerprint density at radius 3 is 2.76 bits per heavy atom. The number of hydrogen-bond donors (Lipinski definition) is 2. The minimum absolute atomic E-state index is 0.264. The normalized spacial score (nSPS) is 21.8. The first kappa shape index (κ1) is 21.7. The van der Waals surface area contributed by atoms with Crippen molar-refractivity contribution in [1.29, 1.82) is 0 Å². The molecule has 7 nitrogen and oxygen atoms in total. The van der Waals surface area contributed by atoms with E-state index in [9.17, 15) is 9.90 Å². The molecule has 1 fully saturated rings. The maximum Gasteiger partial charge on any atom is 0.164 e. The van der Waals surface area contributed by atoms with E-state index < -0.39 is 6.10 Å². The molecule has 0 amide bonds. The van der Waals surface area contributed by atoms with Crippen LogP contribution in [-0.2, 0) is 9.53 Å². The number of carbonyl (C=O) groups is 1. The molecule has 3 rings (SSSR count). The summed E-state index contributed by atoms with van der Waals surface area (Å²) >= 11 is 0. The Balaban J connectivity index is 1.41. The lowest BCUT2D eigenvalue weighted by Crippen LogP contribution is -2.21. The molecule has 0 saturated carbocycles. The van der Waals surface area contributed by atoms with Crippen LogP contribution >= 0.6 is 0 Å². The van der Waals surface area contributed by atoms with Crippen LogP contribution in [0.1, 0.15) is 83.8 Å². The zero-order chi connectivity index (χ0) is 20.6. The Hall–Kier alpha value is -1.99. The second-order valence-corrected chi connectivity index (χ2v) is 8.11. The van der Waals surface area contributed by atoms with Crippen LogP contribution in [-0.4, -0.2) is 37.6 Å². The summed E-state index contributed by atoms with van der Waals surface area (Å²) < 4.78 is 7.85. The van der Waals surface area contributed by atoms with Crippen molar-refractivity contribution in [2.75, 3.05) is 5.73 Å². The number of nitrogens with zero attached hydrogens (tertiary/aromatic N) is 3. The number of aliphatic hydroxyl groups is 1. The van der Waals surface area contributed by atoms with E-state index in [2.05, 4.69) is 16.9 Å². The van der Waals surface area contributed by atoms with Crippen LogP contribution in [0.5, 0.6) is 0 Å². The number of anilines is 1. The van der Waals surface area contributed by atoms with Crippen molar-refractivity contribution in [1.82, 2.24) is 14.5 Å². The fourth-order valence-corrected chi connectivity index (χ4v) is 4.02. The van der Waals surface area contributed by atoms with E-state index in [-0.39, 0.29) is 18.1 Å². The zero-order valence-corrected chi connectivity index (χ0v) is 17.4. The van der Waals surface area contributed by atoms with E-state index >= 15 is 0 Å². The monoisotopic (exact) mass is 402 g/mol. The first-order chi connectivity index (χ1) is 14.1. The second-order valence-electron chi connectivity index (χ2n) is 8.11. The third kappa shape index (κ3) is 5.76. The van der Waals surface area contributed by atoms with Crippen LogP contribution in [0.4, 0.5) is 5.69 Å². The maximum absolute atomic E-state index is 12.2. The average Bonchev–Trinajstić information content (AvgIpc) is 3.30. The summed E-state index contributed by atoms with van der Waals surface area (Å²) in [5.74, 6) is 0.264. The third-order valence-corrected chi connectivity index (χ3v) is 5.77. The van der Waals surface area contributed by atoms with Gasteiger partial charge in [-0.2, -0.15) is 0 Å². The molecule has 3 atom stereocenters. The molecule has 0 radical (unpaired) electrons. The van der Waals surface area contributed by atoms with E-state index in [1.165, 1.54) is 32.1 Å². The van der Waals surface area contributed by atoms with Gasteiger partial charge in [0.25, 0.3) is 0 Å². The van der Waals surface area contributed by atoms with E-state index in [0.29, 0.717) is 42.5 Å². The van der Waals surface area contributed by atoms with Crippen molar-refractivity contribution in [2.45, 2.75) is 96.0 Å². The SMILES string of the molecule is CCCCCCCCCC(=O)CC[C@H]1O[C@@H](n2cnc3c(N)ccnc32)CC1O. The van der Waals surface area contributed by atoms with Crippen molar-refractivity contribution in [3.05, 3.63) is 18.6 Å². The van der Waals surface area contributed by atoms with Gasteiger partial charge in [-0.3, -0.25) is 9.36 Å².